The summed E-state index contributed by atoms with van der Waals surface area (Å²) in [6.45, 7) is 1.48. The van der Waals surface area contributed by atoms with Gasteiger partial charge in [0.25, 0.3) is 0 Å². The van der Waals surface area contributed by atoms with Gasteiger partial charge >= 0.3 is 0 Å². The molecule has 124 valence electrons. The summed E-state index contributed by atoms with van der Waals surface area (Å²) in [4.78, 5) is 4.67. The molecule has 1 aliphatic rings. The molecule has 1 aromatic heterocycles. The first-order valence-electron chi connectivity index (χ1n) is 7.42. The first-order chi connectivity index (χ1) is 11.2. The lowest BCUT2D eigenvalue weighted by Crippen LogP contribution is -2.03. The maximum absolute atomic E-state index is 5.68. The smallest absolute Gasteiger partial charge is 0.145 e. The second-order valence-electron chi connectivity index (χ2n) is 5.22. The Morgan fingerprint density at radius 1 is 1.35 bits per heavy atom. The maximum atomic E-state index is 5.68. The van der Waals surface area contributed by atoms with E-state index in [-0.39, 0.29) is 6.10 Å². The van der Waals surface area contributed by atoms with Gasteiger partial charge in [0, 0.05) is 18.1 Å². The molecule has 5 nitrogen and oxygen atoms in total. The average molecular weight is 399 g/mol. The van der Waals surface area contributed by atoms with Gasteiger partial charge in [0.2, 0.25) is 0 Å². The van der Waals surface area contributed by atoms with Gasteiger partial charge in [-0.3, -0.25) is 0 Å². The van der Waals surface area contributed by atoms with Crippen molar-refractivity contribution in [3.8, 4) is 11.5 Å². The van der Waals surface area contributed by atoms with Crippen molar-refractivity contribution in [3.63, 3.8) is 0 Å². The number of rotatable bonds is 6. The monoisotopic (exact) mass is 398 g/mol. The summed E-state index contributed by atoms with van der Waals surface area (Å²) in [5.41, 5.74) is 1.90. The molecule has 1 N–H and O–H groups in total. The van der Waals surface area contributed by atoms with Gasteiger partial charge in [-0.1, -0.05) is 0 Å². The van der Waals surface area contributed by atoms with E-state index in [1.165, 1.54) is 0 Å². The van der Waals surface area contributed by atoms with E-state index in [1.807, 2.05) is 12.1 Å². The Bertz CT molecular complexity index is 671. The van der Waals surface area contributed by atoms with E-state index >= 15 is 0 Å². The fourth-order valence-corrected chi connectivity index (χ4v) is 3.91. The minimum Gasteiger partial charge on any atom is -0.495 e. The Kier molecular flexibility index (Phi) is 5.40. The van der Waals surface area contributed by atoms with E-state index < -0.39 is 0 Å². The van der Waals surface area contributed by atoms with Crippen LogP contribution in [0.1, 0.15) is 29.6 Å². The predicted molar refractivity (Wildman–Crippen MR) is 94.6 cm³/mol. The summed E-state index contributed by atoms with van der Waals surface area (Å²) >= 11 is 5.16. The predicted octanol–water partition coefficient (Wildman–Crippen LogP) is 4.39. The number of aromatic nitrogens is 1. The van der Waals surface area contributed by atoms with Gasteiger partial charge in [-0.25, -0.2) is 4.98 Å². The number of anilines is 1. The highest BCUT2D eigenvalue weighted by Gasteiger charge is 2.20. The number of methoxy groups -OCH3 is 2. The maximum Gasteiger partial charge on any atom is 0.145 e. The van der Waals surface area contributed by atoms with Crippen molar-refractivity contribution in [2.24, 2.45) is 0 Å². The Labute approximate surface area is 148 Å². The molecule has 0 radical (unpaired) electrons. The number of benzene rings is 1. The summed E-state index contributed by atoms with van der Waals surface area (Å²) in [7, 11) is 3.28. The standard InChI is InChI=1S/C16H19BrN2O3S/c1-20-14-7-15(21-2)12(6-11(14)17)18-8-10-9-23-16(19-10)13-4-3-5-22-13/h6-7,9,13,18H,3-5,8H2,1-2H3/t13-/m1/s1. The number of halogens is 1. The average Bonchev–Trinajstić information content (AvgIpc) is 3.24. The highest BCUT2D eigenvalue weighted by atomic mass is 79.9. The highest BCUT2D eigenvalue weighted by molar-refractivity contribution is 9.10. The molecule has 0 bridgehead atoms. The number of nitrogens with one attached hydrogen (secondary N) is 1. The molecule has 0 saturated carbocycles. The molecule has 0 amide bonds. The molecule has 1 aliphatic heterocycles. The zero-order valence-corrected chi connectivity index (χ0v) is 15.5. The first kappa shape index (κ1) is 16.5. The number of ether oxygens (including phenoxy) is 3. The molecule has 1 aromatic carbocycles. The molecule has 1 fully saturated rings. The normalized spacial score (nSPS) is 17.3. The fourth-order valence-electron chi connectivity index (χ4n) is 2.51. The van der Waals surface area contributed by atoms with Gasteiger partial charge in [0.15, 0.2) is 0 Å². The minimum atomic E-state index is 0.179. The van der Waals surface area contributed by atoms with E-state index in [2.05, 4.69) is 31.6 Å². The molecule has 0 unspecified atom stereocenters. The van der Waals surface area contributed by atoms with Crippen molar-refractivity contribution >= 4 is 33.0 Å². The molecular weight excluding hydrogens is 380 g/mol. The Morgan fingerprint density at radius 3 is 2.87 bits per heavy atom. The quantitative estimate of drug-likeness (QED) is 0.781. The van der Waals surface area contributed by atoms with Crippen LogP contribution < -0.4 is 14.8 Å². The summed E-state index contributed by atoms with van der Waals surface area (Å²) in [5.74, 6) is 1.47. The molecule has 2 aromatic rings. The van der Waals surface area contributed by atoms with Gasteiger partial charge in [-0.15, -0.1) is 11.3 Å². The van der Waals surface area contributed by atoms with Gasteiger partial charge < -0.3 is 19.5 Å². The van der Waals surface area contributed by atoms with Crippen LogP contribution >= 0.6 is 27.3 Å². The van der Waals surface area contributed by atoms with Crippen molar-refractivity contribution in [2.75, 3.05) is 26.1 Å². The zero-order valence-electron chi connectivity index (χ0n) is 13.1. The lowest BCUT2D eigenvalue weighted by molar-refractivity contribution is 0.111. The second-order valence-corrected chi connectivity index (χ2v) is 6.96. The minimum absolute atomic E-state index is 0.179. The van der Waals surface area contributed by atoms with Gasteiger partial charge in [-0.2, -0.15) is 0 Å². The van der Waals surface area contributed by atoms with Crippen molar-refractivity contribution in [1.82, 2.24) is 4.98 Å². The van der Waals surface area contributed by atoms with Gasteiger partial charge in [-0.05, 0) is 34.8 Å². The first-order valence-corrected chi connectivity index (χ1v) is 9.10. The Balaban J connectivity index is 1.69. The molecule has 0 aliphatic carbocycles. The molecule has 1 saturated heterocycles. The van der Waals surface area contributed by atoms with Gasteiger partial charge in [0.1, 0.15) is 22.6 Å². The van der Waals surface area contributed by atoms with Crippen LogP contribution in [0.25, 0.3) is 0 Å². The number of thiazole rings is 1. The van der Waals surface area contributed by atoms with E-state index in [4.69, 9.17) is 14.2 Å². The number of nitrogens with zero attached hydrogens (tertiary/aromatic N) is 1. The van der Waals surface area contributed by atoms with E-state index in [0.29, 0.717) is 6.54 Å². The summed E-state index contributed by atoms with van der Waals surface area (Å²) in [5, 5.41) is 6.52. The number of hydrogen-bond donors (Lipinski definition) is 1. The zero-order chi connectivity index (χ0) is 16.2. The van der Waals surface area contributed by atoms with E-state index in [9.17, 15) is 0 Å². The third-order valence-electron chi connectivity index (χ3n) is 3.71. The van der Waals surface area contributed by atoms with Crippen molar-refractivity contribution in [2.45, 2.75) is 25.5 Å². The highest BCUT2D eigenvalue weighted by Crippen LogP contribution is 2.36. The second kappa shape index (κ2) is 7.51. The lowest BCUT2D eigenvalue weighted by Gasteiger charge is -2.13. The SMILES string of the molecule is COc1cc(OC)c(NCc2csc([C@H]3CCCO3)n2)cc1Br. The van der Waals surface area contributed by atoms with Gasteiger partial charge in [0.05, 0.1) is 36.6 Å². The molecule has 7 heteroatoms. The van der Waals surface area contributed by atoms with Crippen LogP contribution in [-0.4, -0.2) is 25.8 Å². The van der Waals surface area contributed by atoms with Crippen LogP contribution in [0.15, 0.2) is 22.0 Å². The molecule has 3 rings (SSSR count). The van der Waals surface area contributed by atoms with Crippen LogP contribution in [0.4, 0.5) is 5.69 Å². The van der Waals surface area contributed by atoms with Crippen molar-refractivity contribution in [3.05, 3.63) is 32.7 Å². The van der Waals surface area contributed by atoms with Crippen LogP contribution in [0.5, 0.6) is 11.5 Å². The molecule has 1 atom stereocenters. The third-order valence-corrected chi connectivity index (χ3v) is 5.31. The summed E-state index contributed by atoms with van der Waals surface area (Å²) in [6.07, 6.45) is 2.37. The fraction of sp³-hybridized carbons (Fsp3) is 0.438. The van der Waals surface area contributed by atoms with Crippen molar-refractivity contribution in [1.29, 1.82) is 0 Å². The third kappa shape index (κ3) is 3.79. The van der Waals surface area contributed by atoms with Crippen LogP contribution in [-0.2, 0) is 11.3 Å². The summed E-state index contributed by atoms with van der Waals surface area (Å²) < 4.78 is 17.3. The largest absolute Gasteiger partial charge is 0.495 e. The summed E-state index contributed by atoms with van der Waals surface area (Å²) in [6, 6.07) is 3.80. The van der Waals surface area contributed by atoms with Crippen LogP contribution in [0, 0.1) is 0 Å². The number of hydrogen-bond acceptors (Lipinski definition) is 6. The van der Waals surface area contributed by atoms with Crippen molar-refractivity contribution < 1.29 is 14.2 Å². The molecule has 2 heterocycles. The lowest BCUT2D eigenvalue weighted by atomic mass is 10.2. The Hall–Kier alpha value is -1.31. The molecular formula is C16H19BrN2O3S. The van der Waals surface area contributed by atoms with Crippen LogP contribution in [0.2, 0.25) is 0 Å². The van der Waals surface area contributed by atoms with Crippen LogP contribution in [0.3, 0.4) is 0 Å². The molecule has 23 heavy (non-hydrogen) atoms. The van der Waals surface area contributed by atoms with E-state index in [1.54, 1.807) is 25.6 Å². The molecule has 0 spiro atoms. The topological polar surface area (TPSA) is 52.6 Å². The van der Waals surface area contributed by atoms with E-state index in [0.717, 1.165) is 51.8 Å². The Morgan fingerprint density at radius 2 is 2.17 bits per heavy atom.